The largest absolute Gasteiger partial charge is 0.469 e. The molecule has 1 aliphatic rings. The summed E-state index contributed by atoms with van der Waals surface area (Å²) in [6.45, 7) is 2.89. The number of ether oxygens (including phenoxy) is 1. The summed E-state index contributed by atoms with van der Waals surface area (Å²) in [4.78, 5) is 25.9. The average molecular weight is 396 g/mol. The second-order valence-electron chi connectivity index (χ2n) is 5.77. The van der Waals surface area contributed by atoms with Crippen molar-refractivity contribution in [3.05, 3.63) is 18.1 Å². The van der Waals surface area contributed by atoms with E-state index in [4.69, 9.17) is 9.15 Å². The van der Waals surface area contributed by atoms with Crippen molar-refractivity contribution >= 4 is 35.4 Å². The zero-order chi connectivity index (χ0) is 18.7. The van der Waals surface area contributed by atoms with Gasteiger partial charge in [0.25, 0.3) is 0 Å². The number of hydrogen-bond donors (Lipinski definition) is 0. The van der Waals surface area contributed by atoms with E-state index in [1.807, 2.05) is 24.6 Å². The van der Waals surface area contributed by atoms with E-state index in [-0.39, 0.29) is 22.9 Å². The molecule has 3 rings (SSSR count). The molecule has 0 aromatic carbocycles. The Morgan fingerprint density at radius 3 is 2.96 bits per heavy atom. The Morgan fingerprint density at radius 2 is 2.27 bits per heavy atom. The zero-order valence-corrected chi connectivity index (χ0v) is 16.4. The van der Waals surface area contributed by atoms with Gasteiger partial charge in [-0.2, -0.15) is 0 Å². The summed E-state index contributed by atoms with van der Waals surface area (Å²) in [6, 6.07) is 1.84. The van der Waals surface area contributed by atoms with Gasteiger partial charge in [0.05, 0.1) is 24.7 Å². The number of esters is 1. The number of rotatable bonds is 5. The fourth-order valence-corrected chi connectivity index (χ4v) is 4.60. The first kappa shape index (κ1) is 18.8. The second-order valence-corrected chi connectivity index (χ2v) is 8.02. The summed E-state index contributed by atoms with van der Waals surface area (Å²) >= 11 is 2.86. The third-order valence-electron chi connectivity index (χ3n) is 4.14. The molecule has 0 bridgehead atoms. The van der Waals surface area contributed by atoms with Crippen LogP contribution in [0.25, 0.3) is 11.4 Å². The minimum absolute atomic E-state index is 0.0201. The molecule has 1 saturated heterocycles. The van der Waals surface area contributed by atoms with Gasteiger partial charge in [-0.05, 0) is 13.0 Å². The fourth-order valence-electron chi connectivity index (χ4n) is 2.66. The molecule has 0 aliphatic carbocycles. The molecular weight excluding hydrogens is 376 g/mol. The van der Waals surface area contributed by atoms with Crippen LogP contribution in [0.5, 0.6) is 0 Å². The molecule has 1 amide bonds. The Balaban J connectivity index is 1.61. The van der Waals surface area contributed by atoms with Crippen molar-refractivity contribution in [3.8, 4) is 11.4 Å². The van der Waals surface area contributed by atoms with Crippen LogP contribution in [0.1, 0.15) is 5.76 Å². The number of carbonyl (C=O) groups is 2. The average Bonchev–Trinajstić information content (AvgIpc) is 3.24. The highest BCUT2D eigenvalue weighted by Gasteiger charge is 2.29. The summed E-state index contributed by atoms with van der Waals surface area (Å²) in [7, 11) is 3.23. The quantitative estimate of drug-likeness (QED) is 0.556. The Kier molecular flexibility index (Phi) is 5.92. The van der Waals surface area contributed by atoms with Crippen LogP contribution in [-0.4, -0.2) is 68.5 Å². The molecule has 0 unspecified atom stereocenters. The van der Waals surface area contributed by atoms with Crippen molar-refractivity contribution < 1.29 is 18.7 Å². The summed E-state index contributed by atoms with van der Waals surface area (Å²) in [5, 5.41) is 8.72. The molecule has 0 saturated carbocycles. The van der Waals surface area contributed by atoms with Gasteiger partial charge in [-0.1, -0.05) is 11.8 Å². The number of carbonyl (C=O) groups excluding carboxylic acids is 2. The van der Waals surface area contributed by atoms with Gasteiger partial charge >= 0.3 is 5.97 Å². The summed E-state index contributed by atoms with van der Waals surface area (Å²) < 4.78 is 11.9. The van der Waals surface area contributed by atoms with Gasteiger partial charge in [0.15, 0.2) is 11.0 Å². The highest BCUT2D eigenvalue weighted by Crippen LogP contribution is 2.26. The molecule has 140 valence electrons. The van der Waals surface area contributed by atoms with E-state index in [0.717, 1.165) is 17.1 Å². The lowest BCUT2D eigenvalue weighted by Crippen LogP contribution is -2.45. The number of hydrogen-bond acceptors (Lipinski definition) is 8. The molecule has 1 atom stereocenters. The summed E-state index contributed by atoms with van der Waals surface area (Å²) in [6.07, 6.45) is 1.61. The Bertz CT molecular complexity index is 804. The zero-order valence-electron chi connectivity index (χ0n) is 14.8. The third kappa shape index (κ3) is 3.90. The molecule has 1 aliphatic heterocycles. The van der Waals surface area contributed by atoms with E-state index < -0.39 is 0 Å². The molecule has 8 nitrogen and oxygen atoms in total. The number of methoxy groups -OCH3 is 1. The number of aryl methyl sites for hydroxylation is 1. The highest BCUT2D eigenvalue weighted by molar-refractivity contribution is 8.00. The monoisotopic (exact) mass is 396 g/mol. The predicted molar refractivity (Wildman–Crippen MR) is 99.0 cm³/mol. The first-order chi connectivity index (χ1) is 12.5. The second kappa shape index (κ2) is 8.17. The van der Waals surface area contributed by atoms with E-state index in [2.05, 4.69) is 10.2 Å². The van der Waals surface area contributed by atoms with Gasteiger partial charge in [-0.25, -0.2) is 0 Å². The number of nitrogens with zero attached hydrogens (tertiary/aromatic N) is 4. The standard InChI is InChI=1S/C16H20N4O4S2/c1-10-11(4-6-24-10)14-17-18-16(19(14)2)26-9-13(21)20-5-7-25-12(8-20)15(22)23-3/h4,6,12H,5,7-9H2,1-3H3/t12-/m0/s1. The van der Waals surface area contributed by atoms with Crippen molar-refractivity contribution in [2.75, 3.05) is 31.7 Å². The first-order valence-corrected chi connectivity index (χ1v) is 10.1. The molecule has 0 N–H and O–H groups in total. The number of aromatic nitrogens is 3. The van der Waals surface area contributed by atoms with Crippen molar-refractivity contribution in [2.45, 2.75) is 17.3 Å². The highest BCUT2D eigenvalue weighted by atomic mass is 32.2. The topological polar surface area (TPSA) is 90.5 Å². The summed E-state index contributed by atoms with van der Waals surface area (Å²) in [5.74, 6) is 2.14. The van der Waals surface area contributed by atoms with E-state index in [9.17, 15) is 9.59 Å². The smallest absolute Gasteiger partial charge is 0.320 e. The lowest BCUT2D eigenvalue weighted by atomic mass is 10.2. The third-order valence-corrected chi connectivity index (χ3v) is 6.31. The predicted octanol–water partition coefficient (Wildman–Crippen LogP) is 1.59. The van der Waals surface area contributed by atoms with E-state index >= 15 is 0 Å². The number of thioether (sulfide) groups is 2. The molecule has 10 heteroatoms. The van der Waals surface area contributed by atoms with E-state index in [0.29, 0.717) is 24.1 Å². The number of furan rings is 1. The maximum Gasteiger partial charge on any atom is 0.320 e. The molecule has 0 spiro atoms. The van der Waals surface area contributed by atoms with Crippen LogP contribution in [0.4, 0.5) is 0 Å². The normalized spacial score (nSPS) is 17.3. The molecular formula is C16H20N4O4S2. The lowest BCUT2D eigenvalue weighted by molar-refractivity contribution is -0.141. The Hall–Kier alpha value is -1.94. The molecule has 1 fully saturated rings. The van der Waals surface area contributed by atoms with E-state index in [1.54, 1.807) is 11.2 Å². The van der Waals surface area contributed by atoms with Crippen LogP contribution >= 0.6 is 23.5 Å². The van der Waals surface area contributed by atoms with Crippen LogP contribution in [-0.2, 0) is 21.4 Å². The van der Waals surface area contributed by atoms with Crippen LogP contribution < -0.4 is 0 Å². The Labute approximate surface area is 159 Å². The van der Waals surface area contributed by atoms with Gasteiger partial charge in [0.2, 0.25) is 5.91 Å². The van der Waals surface area contributed by atoms with Crippen molar-refractivity contribution in [1.82, 2.24) is 19.7 Å². The molecule has 2 aromatic rings. The van der Waals surface area contributed by atoms with Gasteiger partial charge in [-0.15, -0.1) is 22.0 Å². The maximum atomic E-state index is 12.5. The van der Waals surface area contributed by atoms with Crippen molar-refractivity contribution in [3.63, 3.8) is 0 Å². The Morgan fingerprint density at radius 1 is 1.46 bits per heavy atom. The molecule has 3 heterocycles. The SMILES string of the molecule is COC(=O)[C@@H]1CN(C(=O)CSc2nnc(-c3ccoc3C)n2C)CCS1. The first-order valence-electron chi connectivity index (χ1n) is 8.05. The number of amides is 1. The minimum Gasteiger partial charge on any atom is -0.469 e. The van der Waals surface area contributed by atoms with Crippen molar-refractivity contribution in [1.29, 1.82) is 0 Å². The van der Waals surface area contributed by atoms with Crippen LogP contribution in [0, 0.1) is 6.92 Å². The minimum atomic E-state index is -0.312. The lowest BCUT2D eigenvalue weighted by Gasteiger charge is -2.30. The van der Waals surface area contributed by atoms with Gasteiger partial charge in [0, 0.05) is 25.9 Å². The molecule has 26 heavy (non-hydrogen) atoms. The van der Waals surface area contributed by atoms with Gasteiger partial charge in [-0.3, -0.25) is 9.59 Å². The van der Waals surface area contributed by atoms with Gasteiger partial charge < -0.3 is 18.6 Å². The fraction of sp³-hybridized carbons (Fsp3) is 0.500. The van der Waals surface area contributed by atoms with Gasteiger partial charge in [0.1, 0.15) is 11.0 Å². The molecule has 2 aromatic heterocycles. The van der Waals surface area contributed by atoms with Crippen LogP contribution in [0.2, 0.25) is 0 Å². The van der Waals surface area contributed by atoms with E-state index in [1.165, 1.54) is 30.6 Å². The summed E-state index contributed by atoms with van der Waals surface area (Å²) in [5.41, 5.74) is 0.882. The molecule has 0 radical (unpaired) electrons. The van der Waals surface area contributed by atoms with Crippen LogP contribution in [0.15, 0.2) is 21.9 Å². The van der Waals surface area contributed by atoms with Crippen molar-refractivity contribution in [2.24, 2.45) is 7.05 Å². The maximum absolute atomic E-state index is 12.5. The van der Waals surface area contributed by atoms with Crippen LogP contribution in [0.3, 0.4) is 0 Å².